The Balaban J connectivity index is 2.04. The summed E-state index contributed by atoms with van der Waals surface area (Å²) in [6.45, 7) is 4.71. The Labute approximate surface area is 145 Å². The van der Waals surface area contributed by atoms with Crippen LogP contribution in [0.5, 0.6) is 0 Å². The van der Waals surface area contributed by atoms with Gasteiger partial charge in [0, 0.05) is 35.5 Å². The van der Waals surface area contributed by atoms with E-state index >= 15 is 0 Å². The highest BCUT2D eigenvalue weighted by atomic mass is 19.1. The van der Waals surface area contributed by atoms with Crippen molar-refractivity contribution in [2.45, 2.75) is 20.4 Å². The third kappa shape index (κ3) is 2.67. The van der Waals surface area contributed by atoms with Crippen LogP contribution in [0.3, 0.4) is 0 Å². The highest BCUT2D eigenvalue weighted by molar-refractivity contribution is 5.95. The zero-order valence-corrected chi connectivity index (χ0v) is 14.1. The van der Waals surface area contributed by atoms with Gasteiger partial charge in [0.2, 0.25) is 0 Å². The molecule has 3 heterocycles. The summed E-state index contributed by atoms with van der Waals surface area (Å²) in [6.07, 6.45) is 5.44. The minimum absolute atomic E-state index is 0.287. The molecule has 1 aromatic carbocycles. The maximum Gasteiger partial charge on any atom is 0.159 e. The van der Waals surface area contributed by atoms with Gasteiger partial charge in [0.25, 0.3) is 0 Å². The van der Waals surface area contributed by atoms with Crippen LogP contribution in [0, 0.1) is 12.7 Å². The van der Waals surface area contributed by atoms with Crippen molar-refractivity contribution in [3.05, 3.63) is 66.4 Å². The van der Waals surface area contributed by atoms with Crippen molar-refractivity contribution in [1.82, 2.24) is 19.7 Å². The molecule has 4 nitrogen and oxygen atoms in total. The van der Waals surface area contributed by atoms with Crippen molar-refractivity contribution in [3.63, 3.8) is 0 Å². The van der Waals surface area contributed by atoms with Crippen molar-refractivity contribution in [2.75, 3.05) is 0 Å². The van der Waals surface area contributed by atoms with E-state index in [1.54, 1.807) is 12.1 Å². The van der Waals surface area contributed by atoms with Gasteiger partial charge in [0.15, 0.2) is 5.65 Å². The largest absolute Gasteiger partial charge is 0.264 e. The van der Waals surface area contributed by atoms with Gasteiger partial charge in [0.05, 0.1) is 11.9 Å². The third-order valence-electron chi connectivity index (χ3n) is 4.24. The fourth-order valence-electron chi connectivity index (χ4n) is 3.03. The molecule has 0 spiro atoms. The van der Waals surface area contributed by atoms with Crippen LogP contribution < -0.4 is 0 Å². The van der Waals surface area contributed by atoms with E-state index in [1.807, 2.05) is 49.3 Å². The van der Waals surface area contributed by atoms with E-state index in [9.17, 15) is 4.39 Å². The first-order valence-electron chi connectivity index (χ1n) is 8.21. The van der Waals surface area contributed by atoms with Crippen molar-refractivity contribution >= 4 is 11.0 Å². The van der Waals surface area contributed by atoms with Gasteiger partial charge in [-0.1, -0.05) is 12.1 Å². The average molecular weight is 332 g/mol. The Morgan fingerprint density at radius 2 is 1.88 bits per heavy atom. The molecule has 0 aliphatic heterocycles. The molecule has 0 atom stereocenters. The number of nitrogens with zero attached hydrogens (tertiary/aromatic N) is 4. The summed E-state index contributed by atoms with van der Waals surface area (Å²) >= 11 is 0. The molecule has 0 unspecified atom stereocenters. The number of pyridine rings is 2. The summed E-state index contributed by atoms with van der Waals surface area (Å²) in [5.41, 5.74) is 4.82. The number of fused-ring (bicyclic) bond motifs is 1. The lowest BCUT2D eigenvalue weighted by Gasteiger charge is -2.09. The molecule has 0 saturated heterocycles. The summed E-state index contributed by atoms with van der Waals surface area (Å²) in [7, 11) is 0. The summed E-state index contributed by atoms with van der Waals surface area (Å²) in [6, 6.07) is 10.7. The minimum atomic E-state index is -0.287. The van der Waals surface area contributed by atoms with E-state index in [0.29, 0.717) is 17.8 Å². The Kier molecular flexibility index (Phi) is 3.76. The molecule has 0 amide bonds. The monoisotopic (exact) mass is 332 g/mol. The molecule has 0 fully saturated rings. The van der Waals surface area contributed by atoms with E-state index in [-0.39, 0.29) is 5.82 Å². The number of hydrogen-bond donors (Lipinski definition) is 0. The van der Waals surface area contributed by atoms with Crippen LogP contribution in [0.4, 0.5) is 4.39 Å². The molecule has 5 heteroatoms. The molecule has 3 aromatic heterocycles. The smallest absolute Gasteiger partial charge is 0.159 e. The van der Waals surface area contributed by atoms with Gasteiger partial charge in [-0.05, 0) is 49.2 Å². The molecular weight excluding hydrogens is 315 g/mol. The lowest BCUT2D eigenvalue weighted by atomic mass is 10.0. The lowest BCUT2D eigenvalue weighted by Crippen LogP contribution is -1.99. The number of benzene rings is 1. The summed E-state index contributed by atoms with van der Waals surface area (Å²) < 4.78 is 16.1. The number of hydrogen-bond acceptors (Lipinski definition) is 3. The Hall–Kier alpha value is -3.08. The van der Waals surface area contributed by atoms with E-state index in [0.717, 1.165) is 27.7 Å². The van der Waals surface area contributed by atoms with Crippen LogP contribution in [0.15, 0.2) is 55.0 Å². The number of rotatable bonds is 3. The minimum Gasteiger partial charge on any atom is -0.264 e. The molecular formula is C20H17FN4. The van der Waals surface area contributed by atoms with Crippen molar-refractivity contribution < 1.29 is 4.39 Å². The van der Waals surface area contributed by atoms with E-state index in [1.165, 1.54) is 6.07 Å². The SMILES string of the molecule is CCn1ncc2c(-c3cncc(C)c3)cc(-c3ccccc3F)nc21. The van der Waals surface area contributed by atoms with Crippen molar-refractivity contribution in [1.29, 1.82) is 0 Å². The first kappa shape index (κ1) is 15.4. The van der Waals surface area contributed by atoms with Gasteiger partial charge in [-0.2, -0.15) is 5.10 Å². The van der Waals surface area contributed by atoms with Gasteiger partial charge in [-0.15, -0.1) is 0 Å². The molecule has 4 rings (SSSR count). The Bertz CT molecular complexity index is 1070. The summed E-state index contributed by atoms with van der Waals surface area (Å²) in [5.74, 6) is -0.287. The second-order valence-electron chi connectivity index (χ2n) is 5.98. The first-order valence-corrected chi connectivity index (χ1v) is 8.21. The second kappa shape index (κ2) is 6.09. The van der Waals surface area contributed by atoms with Crippen LogP contribution >= 0.6 is 0 Å². The zero-order chi connectivity index (χ0) is 17.4. The molecule has 0 N–H and O–H groups in total. The molecule has 124 valence electrons. The Morgan fingerprint density at radius 1 is 1.04 bits per heavy atom. The molecule has 0 bridgehead atoms. The van der Waals surface area contributed by atoms with Gasteiger partial charge < -0.3 is 0 Å². The maximum absolute atomic E-state index is 14.3. The summed E-state index contributed by atoms with van der Waals surface area (Å²) in [5, 5.41) is 5.36. The lowest BCUT2D eigenvalue weighted by molar-refractivity contribution is 0.630. The first-order chi connectivity index (χ1) is 12.2. The molecule has 0 aliphatic rings. The van der Waals surface area contributed by atoms with Gasteiger partial charge in [-0.25, -0.2) is 14.1 Å². The fraction of sp³-hybridized carbons (Fsp3) is 0.150. The van der Waals surface area contributed by atoms with E-state index < -0.39 is 0 Å². The highest BCUT2D eigenvalue weighted by Gasteiger charge is 2.15. The fourth-order valence-corrected chi connectivity index (χ4v) is 3.03. The maximum atomic E-state index is 14.3. The molecule has 25 heavy (non-hydrogen) atoms. The highest BCUT2D eigenvalue weighted by Crippen LogP contribution is 2.32. The topological polar surface area (TPSA) is 43.6 Å². The van der Waals surface area contributed by atoms with Crippen LogP contribution in [0.25, 0.3) is 33.4 Å². The van der Waals surface area contributed by atoms with Crippen molar-refractivity contribution in [3.8, 4) is 22.4 Å². The van der Waals surface area contributed by atoms with E-state index in [2.05, 4.69) is 21.1 Å². The number of halogens is 1. The van der Waals surface area contributed by atoms with Gasteiger partial charge >= 0.3 is 0 Å². The van der Waals surface area contributed by atoms with Crippen LogP contribution in [-0.4, -0.2) is 19.7 Å². The van der Waals surface area contributed by atoms with Crippen molar-refractivity contribution in [2.24, 2.45) is 0 Å². The second-order valence-corrected chi connectivity index (χ2v) is 5.98. The van der Waals surface area contributed by atoms with E-state index in [4.69, 9.17) is 0 Å². The molecule has 0 aliphatic carbocycles. The Morgan fingerprint density at radius 3 is 2.64 bits per heavy atom. The van der Waals surface area contributed by atoms with Crippen LogP contribution in [0.1, 0.15) is 12.5 Å². The normalized spacial score (nSPS) is 11.2. The zero-order valence-electron chi connectivity index (χ0n) is 14.1. The predicted molar refractivity (Wildman–Crippen MR) is 96.6 cm³/mol. The number of aryl methyl sites for hydroxylation is 2. The molecule has 0 saturated carbocycles. The standard InChI is InChI=1S/C20H17FN4/c1-3-25-20-17(12-23-25)16(14-8-13(2)10-22-11-14)9-19(24-20)15-6-4-5-7-18(15)21/h4-12H,3H2,1-2H3. The van der Waals surface area contributed by atoms with Crippen LogP contribution in [-0.2, 0) is 6.54 Å². The third-order valence-corrected chi connectivity index (χ3v) is 4.24. The average Bonchev–Trinajstić information content (AvgIpc) is 3.04. The molecule has 0 radical (unpaired) electrons. The summed E-state index contributed by atoms with van der Waals surface area (Å²) in [4.78, 5) is 8.98. The van der Waals surface area contributed by atoms with Crippen LogP contribution in [0.2, 0.25) is 0 Å². The van der Waals surface area contributed by atoms with Gasteiger partial charge in [0.1, 0.15) is 5.82 Å². The van der Waals surface area contributed by atoms with Gasteiger partial charge in [-0.3, -0.25) is 4.98 Å². The molecule has 4 aromatic rings. The quantitative estimate of drug-likeness (QED) is 0.549. The number of aromatic nitrogens is 4. The predicted octanol–water partition coefficient (Wildman–Crippen LogP) is 4.63.